The Kier molecular flexibility index (Phi) is 2.88. The fourth-order valence-electron chi connectivity index (χ4n) is 1.56. The first-order valence-electron chi connectivity index (χ1n) is 5.45. The largest absolute Gasteiger partial charge is 0.381 e. The smallest absolute Gasteiger partial charge is 0.257 e. The zero-order valence-electron chi connectivity index (χ0n) is 9.69. The van der Waals surface area contributed by atoms with Gasteiger partial charge in [-0.25, -0.2) is 4.68 Å². The summed E-state index contributed by atoms with van der Waals surface area (Å²) in [5.41, 5.74) is 6.28. The lowest BCUT2D eigenvalue weighted by atomic mass is 10.2. The van der Waals surface area contributed by atoms with Crippen molar-refractivity contribution >= 4 is 17.4 Å². The maximum Gasteiger partial charge on any atom is 0.257 e. The molecule has 0 unspecified atom stereocenters. The number of rotatable bonds is 3. The predicted octanol–water partition coefficient (Wildman–Crippen LogP) is 1.61. The van der Waals surface area contributed by atoms with Gasteiger partial charge >= 0.3 is 0 Å². The average molecular weight is 277 g/mol. The summed E-state index contributed by atoms with van der Waals surface area (Å²) in [5.74, 6) is 1.27. The molecule has 0 aliphatic carbocycles. The van der Waals surface area contributed by atoms with Crippen molar-refractivity contribution in [3.8, 4) is 11.5 Å². The third kappa shape index (κ3) is 2.55. The summed E-state index contributed by atoms with van der Waals surface area (Å²) in [7, 11) is 0. The van der Waals surface area contributed by atoms with E-state index in [1.807, 2.05) is 12.1 Å². The molecule has 8 heteroatoms. The molecule has 0 fully saturated rings. The van der Waals surface area contributed by atoms with Crippen molar-refractivity contribution in [2.45, 2.75) is 6.54 Å². The van der Waals surface area contributed by atoms with E-state index in [1.54, 1.807) is 18.3 Å². The molecule has 0 bridgehead atoms. The number of hydrogen-bond donors (Lipinski definition) is 1. The summed E-state index contributed by atoms with van der Waals surface area (Å²) < 4.78 is 6.71. The number of anilines is 1. The zero-order valence-corrected chi connectivity index (χ0v) is 10.4. The fourth-order valence-corrected chi connectivity index (χ4v) is 1.69. The highest BCUT2D eigenvalue weighted by molar-refractivity contribution is 6.30. The first-order chi connectivity index (χ1) is 9.20. The second-order valence-electron chi connectivity index (χ2n) is 3.86. The van der Waals surface area contributed by atoms with Crippen LogP contribution in [0, 0.1) is 0 Å². The molecule has 3 aromatic rings. The Labute approximate surface area is 113 Å². The van der Waals surface area contributed by atoms with Crippen LogP contribution in [-0.2, 0) is 6.54 Å². The van der Waals surface area contributed by atoms with Crippen molar-refractivity contribution in [1.29, 1.82) is 0 Å². The van der Waals surface area contributed by atoms with Crippen molar-refractivity contribution < 1.29 is 4.52 Å². The molecular formula is C11H9ClN6O. The van der Waals surface area contributed by atoms with Gasteiger partial charge in [0.05, 0.1) is 6.20 Å². The summed E-state index contributed by atoms with van der Waals surface area (Å²) >= 11 is 5.82. The standard InChI is InChI=1S/C11H9ClN6O/c12-8-3-1-7(2-4-8)11-14-10(16-19-11)6-18-5-9(13)15-17-18/h1-5H,6,13H2. The molecule has 0 spiro atoms. The van der Waals surface area contributed by atoms with E-state index in [-0.39, 0.29) is 0 Å². The van der Waals surface area contributed by atoms with Crippen LogP contribution < -0.4 is 5.73 Å². The van der Waals surface area contributed by atoms with E-state index in [0.717, 1.165) is 5.56 Å². The minimum atomic E-state index is 0.349. The van der Waals surface area contributed by atoms with E-state index >= 15 is 0 Å². The molecular weight excluding hydrogens is 268 g/mol. The molecule has 0 radical (unpaired) electrons. The van der Waals surface area contributed by atoms with Crippen LogP contribution in [0.25, 0.3) is 11.5 Å². The van der Waals surface area contributed by atoms with Gasteiger partial charge < -0.3 is 10.3 Å². The molecule has 3 rings (SSSR count). The molecule has 0 aliphatic rings. The number of nitrogens with two attached hydrogens (primary N) is 1. The van der Waals surface area contributed by atoms with E-state index in [1.165, 1.54) is 4.68 Å². The molecule has 2 heterocycles. The molecule has 7 nitrogen and oxygen atoms in total. The van der Waals surface area contributed by atoms with Gasteiger partial charge in [0.2, 0.25) is 0 Å². The average Bonchev–Trinajstić information content (AvgIpc) is 3.00. The second kappa shape index (κ2) is 4.69. The Balaban J connectivity index is 1.81. The van der Waals surface area contributed by atoms with Crippen LogP contribution in [0.5, 0.6) is 0 Å². The fraction of sp³-hybridized carbons (Fsp3) is 0.0909. The van der Waals surface area contributed by atoms with E-state index in [4.69, 9.17) is 21.9 Å². The molecule has 1 aromatic carbocycles. The highest BCUT2D eigenvalue weighted by Gasteiger charge is 2.09. The Morgan fingerprint density at radius 3 is 2.74 bits per heavy atom. The minimum absolute atomic E-state index is 0.349. The van der Waals surface area contributed by atoms with Crippen molar-refractivity contribution in [2.24, 2.45) is 0 Å². The molecule has 96 valence electrons. The predicted molar refractivity (Wildman–Crippen MR) is 68.3 cm³/mol. The number of nitrogens with zero attached hydrogens (tertiary/aromatic N) is 5. The van der Waals surface area contributed by atoms with Gasteiger partial charge in [-0.2, -0.15) is 4.98 Å². The SMILES string of the molecule is Nc1cn(Cc2noc(-c3ccc(Cl)cc3)n2)nn1. The lowest BCUT2D eigenvalue weighted by Gasteiger charge is -1.93. The monoisotopic (exact) mass is 276 g/mol. The van der Waals surface area contributed by atoms with Crippen molar-refractivity contribution in [3.05, 3.63) is 41.3 Å². The van der Waals surface area contributed by atoms with Crippen LogP contribution in [0.2, 0.25) is 5.02 Å². The van der Waals surface area contributed by atoms with Gasteiger partial charge in [0, 0.05) is 10.6 Å². The maximum atomic E-state index is 5.82. The summed E-state index contributed by atoms with van der Waals surface area (Å²) in [6, 6.07) is 7.15. The molecule has 0 saturated heterocycles. The lowest BCUT2D eigenvalue weighted by molar-refractivity contribution is 0.418. The third-order valence-corrected chi connectivity index (χ3v) is 2.67. The van der Waals surface area contributed by atoms with Crippen LogP contribution in [0.3, 0.4) is 0 Å². The molecule has 0 amide bonds. The molecule has 0 saturated carbocycles. The van der Waals surface area contributed by atoms with Crippen LogP contribution in [0.15, 0.2) is 35.0 Å². The number of nitrogen functional groups attached to an aromatic ring is 1. The Morgan fingerprint density at radius 2 is 2.05 bits per heavy atom. The maximum absolute atomic E-state index is 5.82. The van der Waals surface area contributed by atoms with E-state index in [2.05, 4.69) is 20.5 Å². The zero-order chi connectivity index (χ0) is 13.2. The molecule has 0 aliphatic heterocycles. The van der Waals surface area contributed by atoms with Gasteiger partial charge in [-0.05, 0) is 24.3 Å². The molecule has 0 atom stereocenters. The number of hydrogen-bond acceptors (Lipinski definition) is 6. The molecule has 2 N–H and O–H groups in total. The Hall–Kier alpha value is -2.41. The minimum Gasteiger partial charge on any atom is -0.381 e. The van der Waals surface area contributed by atoms with Crippen LogP contribution >= 0.6 is 11.6 Å². The van der Waals surface area contributed by atoms with Gasteiger partial charge in [-0.1, -0.05) is 22.0 Å². The lowest BCUT2D eigenvalue weighted by Crippen LogP contribution is -2.02. The van der Waals surface area contributed by atoms with E-state index in [9.17, 15) is 0 Å². The third-order valence-electron chi connectivity index (χ3n) is 2.42. The van der Waals surface area contributed by atoms with Crippen LogP contribution in [-0.4, -0.2) is 25.1 Å². The van der Waals surface area contributed by atoms with Crippen LogP contribution in [0.4, 0.5) is 5.82 Å². The summed E-state index contributed by atoms with van der Waals surface area (Å²) in [4.78, 5) is 4.26. The molecule has 2 aromatic heterocycles. The van der Waals surface area contributed by atoms with E-state index < -0.39 is 0 Å². The Morgan fingerprint density at radius 1 is 1.26 bits per heavy atom. The highest BCUT2D eigenvalue weighted by Crippen LogP contribution is 2.19. The van der Waals surface area contributed by atoms with Crippen molar-refractivity contribution in [2.75, 3.05) is 5.73 Å². The first-order valence-corrected chi connectivity index (χ1v) is 5.82. The normalized spacial score (nSPS) is 10.8. The van der Waals surface area contributed by atoms with Gasteiger partial charge in [0.25, 0.3) is 5.89 Å². The van der Waals surface area contributed by atoms with E-state index in [0.29, 0.717) is 29.1 Å². The van der Waals surface area contributed by atoms with Crippen molar-refractivity contribution in [3.63, 3.8) is 0 Å². The first kappa shape index (κ1) is 11.7. The number of aromatic nitrogens is 5. The van der Waals surface area contributed by atoms with Crippen LogP contribution in [0.1, 0.15) is 5.82 Å². The van der Waals surface area contributed by atoms with Gasteiger partial charge in [0.1, 0.15) is 6.54 Å². The number of benzene rings is 1. The van der Waals surface area contributed by atoms with Gasteiger partial charge in [0.15, 0.2) is 11.6 Å². The topological polar surface area (TPSA) is 95.7 Å². The van der Waals surface area contributed by atoms with Crippen molar-refractivity contribution in [1.82, 2.24) is 25.1 Å². The Bertz CT molecular complexity index is 689. The highest BCUT2D eigenvalue weighted by atomic mass is 35.5. The summed E-state index contributed by atoms with van der Waals surface area (Å²) in [6.45, 7) is 0.349. The second-order valence-corrected chi connectivity index (χ2v) is 4.30. The molecule has 19 heavy (non-hydrogen) atoms. The summed E-state index contributed by atoms with van der Waals surface area (Å²) in [5, 5.41) is 12.0. The van der Waals surface area contributed by atoms with Gasteiger partial charge in [-0.15, -0.1) is 5.10 Å². The number of halogens is 1. The van der Waals surface area contributed by atoms with Gasteiger partial charge in [-0.3, -0.25) is 0 Å². The quantitative estimate of drug-likeness (QED) is 0.781. The summed E-state index contributed by atoms with van der Waals surface area (Å²) in [6.07, 6.45) is 1.60.